The summed E-state index contributed by atoms with van der Waals surface area (Å²) in [4.78, 5) is 11.3. The van der Waals surface area contributed by atoms with E-state index >= 15 is 0 Å². The van der Waals surface area contributed by atoms with E-state index in [1.807, 2.05) is 0 Å². The molecule has 0 bridgehead atoms. The molecule has 2 aromatic carbocycles. The Morgan fingerprint density at radius 1 is 1.33 bits per heavy atom. The van der Waals surface area contributed by atoms with Crippen molar-refractivity contribution in [3.05, 3.63) is 63.9 Å². The number of nitrogens with one attached hydrogen (secondary N) is 1. The number of aliphatic hydroxyl groups excluding tert-OH is 1. The van der Waals surface area contributed by atoms with Crippen LogP contribution in [0.4, 0.5) is 10.1 Å². The molecule has 1 atom stereocenters. The summed E-state index contributed by atoms with van der Waals surface area (Å²) < 4.78 is 13.7. The minimum Gasteiger partial charge on any atom is -0.388 e. The molecule has 0 fully saturated rings. The van der Waals surface area contributed by atoms with E-state index in [4.69, 9.17) is 11.6 Å². The lowest BCUT2D eigenvalue weighted by molar-refractivity contribution is -0.115. The molecule has 5 heteroatoms. The smallest absolute Gasteiger partial charge is 0.228 e. The summed E-state index contributed by atoms with van der Waals surface area (Å²) in [7, 11) is 0. The number of hydrogen-bond acceptors (Lipinski definition) is 2. The quantitative estimate of drug-likeness (QED) is 0.914. The Bertz CT molecular complexity index is 697. The van der Waals surface area contributed by atoms with Crippen molar-refractivity contribution in [3.8, 4) is 0 Å². The standard InChI is InChI=1S/C16H13ClFNO2/c17-12-2-1-3-13(18)11(12)8-15(20)9-4-5-14-10(6-9)7-16(21)19-14/h1-6,15,20H,7-8H2,(H,19,21). The van der Waals surface area contributed by atoms with Crippen LogP contribution in [-0.2, 0) is 17.6 Å². The normalized spacial score (nSPS) is 14.7. The van der Waals surface area contributed by atoms with Crippen LogP contribution in [0.3, 0.4) is 0 Å². The summed E-state index contributed by atoms with van der Waals surface area (Å²) >= 11 is 5.97. The highest BCUT2D eigenvalue weighted by Gasteiger charge is 2.20. The number of hydrogen-bond donors (Lipinski definition) is 2. The molecule has 0 aromatic heterocycles. The second-order valence-electron chi connectivity index (χ2n) is 5.06. The minimum absolute atomic E-state index is 0.0613. The van der Waals surface area contributed by atoms with E-state index in [2.05, 4.69) is 5.32 Å². The Morgan fingerprint density at radius 3 is 2.90 bits per heavy atom. The molecule has 3 nitrogen and oxygen atoms in total. The fourth-order valence-corrected chi connectivity index (χ4v) is 2.74. The van der Waals surface area contributed by atoms with E-state index in [1.54, 1.807) is 24.3 Å². The number of anilines is 1. The van der Waals surface area contributed by atoms with Crippen LogP contribution < -0.4 is 5.32 Å². The first-order valence-electron chi connectivity index (χ1n) is 6.58. The number of rotatable bonds is 3. The highest BCUT2D eigenvalue weighted by atomic mass is 35.5. The molecule has 1 heterocycles. The first-order valence-corrected chi connectivity index (χ1v) is 6.96. The monoisotopic (exact) mass is 305 g/mol. The molecular weight excluding hydrogens is 293 g/mol. The van der Waals surface area contributed by atoms with Gasteiger partial charge in [0.05, 0.1) is 12.5 Å². The molecule has 108 valence electrons. The minimum atomic E-state index is -0.875. The maximum absolute atomic E-state index is 13.7. The molecule has 0 saturated heterocycles. The predicted molar refractivity (Wildman–Crippen MR) is 78.8 cm³/mol. The number of carbonyl (C=O) groups is 1. The number of fused-ring (bicyclic) bond motifs is 1. The van der Waals surface area contributed by atoms with E-state index in [9.17, 15) is 14.3 Å². The fourth-order valence-electron chi connectivity index (χ4n) is 2.50. The number of aliphatic hydroxyl groups is 1. The van der Waals surface area contributed by atoms with Gasteiger partial charge in [-0.25, -0.2) is 4.39 Å². The lowest BCUT2D eigenvalue weighted by Crippen LogP contribution is -2.04. The average Bonchev–Trinajstić information content (AvgIpc) is 2.81. The zero-order chi connectivity index (χ0) is 15.0. The third-order valence-electron chi connectivity index (χ3n) is 3.60. The van der Waals surface area contributed by atoms with Crippen molar-refractivity contribution in [3.63, 3.8) is 0 Å². The van der Waals surface area contributed by atoms with Crippen LogP contribution in [0.25, 0.3) is 0 Å². The Balaban J connectivity index is 1.85. The van der Waals surface area contributed by atoms with E-state index < -0.39 is 11.9 Å². The predicted octanol–water partition coefficient (Wildman–Crippen LogP) is 3.25. The van der Waals surface area contributed by atoms with Crippen LogP contribution in [0.2, 0.25) is 5.02 Å². The van der Waals surface area contributed by atoms with Crippen molar-refractivity contribution >= 4 is 23.2 Å². The zero-order valence-electron chi connectivity index (χ0n) is 11.1. The molecule has 2 N–H and O–H groups in total. The summed E-state index contributed by atoms with van der Waals surface area (Å²) in [5, 5.41) is 13.3. The third-order valence-corrected chi connectivity index (χ3v) is 3.95. The molecule has 1 unspecified atom stereocenters. The molecule has 0 saturated carbocycles. The van der Waals surface area contributed by atoms with Crippen molar-refractivity contribution in [2.24, 2.45) is 0 Å². The first kappa shape index (κ1) is 14.0. The largest absolute Gasteiger partial charge is 0.388 e. The average molecular weight is 306 g/mol. The van der Waals surface area contributed by atoms with E-state index in [-0.39, 0.29) is 12.3 Å². The van der Waals surface area contributed by atoms with Crippen LogP contribution >= 0.6 is 11.6 Å². The molecule has 0 spiro atoms. The molecular formula is C16H13ClFNO2. The summed E-state index contributed by atoms with van der Waals surface area (Å²) in [5.74, 6) is -0.492. The van der Waals surface area contributed by atoms with Gasteiger partial charge in [0.1, 0.15) is 5.82 Å². The van der Waals surface area contributed by atoms with Crippen LogP contribution in [0, 0.1) is 5.82 Å². The summed E-state index contributed by atoms with van der Waals surface area (Å²) in [6, 6.07) is 9.69. The van der Waals surface area contributed by atoms with Gasteiger partial charge in [-0.05, 0) is 29.3 Å². The topological polar surface area (TPSA) is 49.3 Å². The van der Waals surface area contributed by atoms with Crippen molar-refractivity contribution in [2.45, 2.75) is 18.9 Å². The SMILES string of the molecule is O=C1Cc2cc(C(O)Cc3c(F)cccc3Cl)ccc2N1. The number of halogens is 2. The summed E-state index contributed by atoms with van der Waals surface area (Å²) in [6.45, 7) is 0. The van der Waals surface area contributed by atoms with Crippen molar-refractivity contribution in [1.82, 2.24) is 0 Å². The van der Waals surface area contributed by atoms with E-state index in [0.717, 1.165) is 11.3 Å². The first-order chi connectivity index (χ1) is 10.0. The van der Waals surface area contributed by atoms with Gasteiger partial charge < -0.3 is 10.4 Å². The fraction of sp³-hybridized carbons (Fsp3) is 0.188. The van der Waals surface area contributed by atoms with Crippen LogP contribution in [-0.4, -0.2) is 11.0 Å². The van der Waals surface area contributed by atoms with Crippen LogP contribution in [0.1, 0.15) is 22.8 Å². The maximum atomic E-state index is 13.7. The van der Waals surface area contributed by atoms with Gasteiger partial charge in [-0.2, -0.15) is 0 Å². The third kappa shape index (κ3) is 2.77. The number of amides is 1. The highest BCUT2D eigenvalue weighted by Crippen LogP contribution is 2.30. The number of carbonyl (C=O) groups excluding carboxylic acids is 1. The van der Waals surface area contributed by atoms with Gasteiger partial charge in [0.25, 0.3) is 0 Å². The molecule has 21 heavy (non-hydrogen) atoms. The second kappa shape index (κ2) is 5.47. The Morgan fingerprint density at radius 2 is 2.14 bits per heavy atom. The summed E-state index contributed by atoms with van der Waals surface area (Å²) in [5.41, 5.74) is 2.54. The summed E-state index contributed by atoms with van der Waals surface area (Å²) in [6.07, 6.45) is -0.484. The maximum Gasteiger partial charge on any atom is 0.228 e. The van der Waals surface area contributed by atoms with Crippen LogP contribution in [0.5, 0.6) is 0 Å². The van der Waals surface area contributed by atoms with Crippen molar-refractivity contribution in [1.29, 1.82) is 0 Å². The van der Waals surface area contributed by atoms with Gasteiger partial charge in [0.15, 0.2) is 0 Å². The molecule has 0 aliphatic carbocycles. The van der Waals surface area contributed by atoms with Gasteiger partial charge in [0, 0.05) is 22.7 Å². The van der Waals surface area contributed by atoms with Crippen molar-refractivity contribution < 1.29 is 14.3 Å². The second-order valence-corrected chi connectivity index (χ2v) is 5.47. The number of benzene rings is 2. The molecule has 0 radical (unpaired) electrons. The molecule has 1 aliphatic rings. The zero-order valence-corrected chi connectivity index (χ0v) is 11.8. The van der Waals surface area contributed by atoms with Crippen molar-refractivity contribution in [2.75, 3.05) is 5.32 Å². The van der Waals surface area contributed by atoms with Gasteiger partial charge in [-0.3, -0.25) is 4.79 Å². The van der Waals surface area contributed by atoms with Gasteiger partial charge in [-0.1, -0.05) is 29.8 Å². The van der Waals surface area contributed by atoms with Gasteiger partial charge in [-0.15, -0.1) is 0 Å². The Hall–Kier alpha value is -1.91. The molecule has 3 rings (SSSR count). The lowest BCUT2D eigenvalue weighted by atomic mass is 9.98. The Labute approximate surface area is 126 Å². The van der Waals surface area contributed by atoms with E-state index in [1.165, 1.54) is 12.1 Å². The molecule has 2 aromatic rings. The van der Waals surface area contributed by atoms with E-state index in [0.29, 0.717) is 22.6 Å². The Kier molecular flexibility index (Phi) is 3.66. The molecule has 1 amide bonds. The molecule has 1 aliphatic heterocycles. The highest BCUT2D eigenvalue weighted by molar-refractivity contribution is 6.31. The lowest BCUT2D eigenvalue weighted by Gasteiger charge is -2.14. The van der Waals surface area contributed by atoms with Gasteiger partial charge in [0.2, 0.25) is 5.91 Å². The van der Waals surface area contributed by atoms with Crippen LogP contribution in [0.15, 0.2) is 36.4 Å². The van der Waals surface area contributed by atoms with Gasteiger partial charge >= 0.3 is 0 Å².